The first kappa shape index (κ1) is 33.6. The van der Waals surface area contributed by atoms with Gasteiger partial charge in [-0.1, -0.05) is 0 Å². The van der Waals surface area contributed by atoms with Gasteiger partial charge in [-0.3, -0.25) is 9.11 Å². The summed E-state index contributed by atoms with van der Waals surface area (Å²) in [5.74, 6) is -1.41. The van der Waals surface area contributed by atoms with Crippen LogP contribution < -0.4 is 14.2 Å². The van der Waals surface area contributed by atoms with Gasteiger partial charge in [0, 0.05) is 10.8 Å². The smallest absolute Gasteiger partial charge is 0.344 e. The van der Waals surface area contributed by atoms with E-state index in [0.29, 0.717) is 50.0 Å². The van der Waals surface area contributed by atoms with Crippen LogP contribution in [-0.2, 0) is 25.0 Å². The van der Waals surface area contributed by atoms with Gasteiger partial charge in [0.15, 0.2) is 0 Å². The van der Waals surface area contributed by atoms with Crippen LogP contribution >= 0.6 is 0 Å². The first-order chi connectivity index (χ1) is 21.1. The van der Waals surface area contributed by atoms with E-state index in [-0.39, 0.29) is 37.4 Å². The molecule has 4 aromatic rings. The largest absolute Gasteiger partial charge is 0.494 e. The SMILES string of the molecule is COC(=O)c1cc(C)c(OC(=O)c2c3cc(OCCCS(=O)(=O)O)ccc3nc3ccc(OCCCS(=O)(=O)O)cc23)c(C)c1. The third-order valence-corrected chi connectivity index (χ3v) is 8.24. The summed E-state index contributed by atoms with van der Waals surface area (Å²) >= 11 is 0. The zero-order valence-corrected chi connectivity index (χ0v) is 26.2. The average Bonchev–Trinajstić information content (AvgIpc) is 2.96. The second-order valence-corrected chi connectivity index (χ2v) is 13.3. The van der Waals surface area contributed by atoms with Crippen molar-refractivity contribution in [1.29, 1.82) is 0 Å². The van der Waals surface area contributed by atoms with Crippen LogP contribution in [0, 0.1) is 13.8 Å². The highest BCUT2D eigenvalue weighted by Gasteiger charge is 2.22. The lowest BCUT2D eigenvalue weighted by molar-refractivity contribution is 0.0600. The van der Waals surface area contributed by atoms with Gasteiger partial charge < -0.3 is 18.9 Å². The topological polar surface area (TPSA) is 193 Å². The fraction of sp³-hybridized carbons (Fsp3) is 0.300. The predicted molar refractivity (Wildman–Crippen MR) is 165 cm³/mol. The number of nitrogens with zero attached hydrogens (tertiary/aromatic N) is 1. The molecule has 4 rings (SSSR count). The Bertz CT molecular complexity index is 1870. The van der Waals surface area contributed by atoms with Gasteiger partial charge in [0.25, 0.3) is 20.2 Å². The van der Waals surface area contributed by atoms with Crippen LogP contribution in [0.5, 0.6) is 17.2 Å². The Balaban J connectivity index is 1.77. The molecular formula is C30H31NO12S2. The van der Waals surface area contributed by atoms with E-state index >= 15 is 0 Å². The highest BCUT2D eigenvalue weighted by atomic mass is 32.2. The van der Waals surface area contributed by atoms with Gasteiger partial charge in [-0.2, -0.15) is 16.8 Å². The second kappa shape index (κ2) is 13.8. The lowest BCUT2D eigenvalue weighted by Gasteiger charge is -2.16. The summed E-state index contributed by atoms with van der Waals surface area (Å²) in [4.78, 5) is 30.7. The molecule has 1 heterocycles. The number of pyridine rings is 1. The van der Waals surface area contributed by atoms with Gasteiger partial charge in [-0.15, -0.1) is 0 Å². The Labute approximate surface area is 259 Å². The molecule has 240 valence electrons. The van der Waals surface area contributed by atoms with Crippen molar-refractivity contribution in [2.45, 2.75) is 26.7 Å². The molecule has 15 heteroatoms. The minimum atomic E-state index is -4.15. The van der Waals surface area contributed by atoms with E-state index in [1.54, 1.807) is 62.4 Å². The second-order valence-electron chi connectivity index (χ2n) is 10.1. The lowest BCUT2D eigenvalue weighted by Crippen LogP contribution is -2.13. The molecule has 2 N–H and O–H groups in total. The molecule has 1 aromatic heterocycles. The number of fused-ring (bicyclic) bond motifs is 2. The molecule has 0 amide bonds. The Morgan fingerprint density at radius 3 is 1.62 bits per heavy atom. The molecule has 0 spiro atoms. The van der Waals surface area contributed by atoms with E-state index in [1.165, 1.54) is 7.11 Å². The van der Waals surface area contributed by atoms with Crippen molar-refractivity contribution in [3.8, 4) is 17.2 Å². The number of carbonyl (C=O) groups excluding carboxylic acids is 2. The van der Waals surface area contributed by atoms with E-state index in [2.05, 4.69) is 4.98 Å². The maximum Gasteiger partial charge on any atom is 0.344 e. The number of hydrogen-bond donors (Lipinski definition) is 2. The van der Waals surface area contributed by atoms with Crippen molar-refractivity contribution >= 4 is 54.0 Å². The Kier molecular flexibility index (Phi) is 10.3. The van der Waals surface area contributed by atoms with Gasteiger partial charge in [-0.05, 0) is 86.3 Å². The summed E-state index contributed by atoms with van der Waals surface area (Å²) in [7, 11) is -7.04. The van der Waals surface area contributed by atoms with Crippen LogP contribution in [0.2, 0.25) is 0 Å². The third kappa shape index (κ3) is 8.88. The van der Waals surface area contributed by atoms with Gasteiger partial charge >= 0.3 is 11.9 Å². The zero-order chi connectivity index (χ0) is 32.9. The monoisotopic (exact) mass is 661 g/mol. The van der Waals surface area contributed by atoms with Crippen LogP contribution in [-0.4, -0.2) is 74.7 Å². The molecule has 3 aromatic carbocycles. The highest BCUT2D eigenvalue weighted by Crippen LogP contribution is 2.34. The fourth-order valence-electron chi connectivity index (χ4n) is 4.65. The Morgan fingerprint density at radius 2 is 1.20 bits per heavy atom. The zero-order valence-electron chi connectivity index (χ0n) is 24.6. The van der Waals surface area contributed by atoms with Crippen LogP contribution in [0.1, 0.15) is 44.7 Å². The average molecular weight is 662 g/mol. The molecule has 0 fully saturated rings. The molecule has 0 saturated heterocycles. The fourth-order valence-corrected chi connectivity index (χ4v) is 5.62. The lowest BCUT2D eigenvalue weighted by atomic mass is 10.0. The summed E-state index contributed by atoms with van der Waals surface area (Å²) in [6.45, 7) is 3.31. The predicted octanol–water partition coefficient (Wildman–Crippen LogP) is 4.32. The molecule has 0 radical (unpaired) electrons. The van der Waals surface area contributed by atoms with Crippen molar-refractivity contribution < 1.29 is 54.5 Å². The minimum absolute atomic E-state index is 0.0279. The van der Waals surface area contributed by atoms with E-state index in [9.17, 15) is 26.4 Å². The molecule has 0 bridgehead atoms. The molecule has 0 aliphatic rings. The van der Waals surface area contributed by atoms with Crippen molar-refractivity contribution in [1.82, 2.24) is 4.98 Å². The number of aromatic nitrogens is 1. The minimum Gasteiger partial charge on any atom is -0.494 e. The van der Waals surface area contributed by atoms with Crippen LogP contribution in [0.4, 0.5) is 0 Å². The number of methoxy groups -OCH3 is 1. The number of benzene rings is 3. The van der Waals surface area contributed by atoms with Crippen molar-refractivity contribution in [2.24, 2.45) is 0 Å². The van der Waals surface area contributed by atoms with Gasteiger partial charge in [-0.25, -0.2) is 14.6 Å². The Morgan fingerprint density at radius 1 is 0.733 bits per heavy atom. The third-order valence-electron chi connectivity index (χ3n) is 6.63. The maximum absolute atomic E-state index is 14.0. The number of aryl methyl sites for hydroxylation is 2. The summed E-state index contributed by atoms with van der Waals surface area (Å²) in [6, 6.07) is 12.7. The van der Waals surface area contributed by atoms with Crippen molar-refractivity contribution in [2.75, 3.05) is 31.8 Å². The molecule has 0 aliphatic carbocycles. The molecule has 0 unspecified atom stereocenters. The molecule has 13 nitrogen and oxygen atoms in total. The highest BCUT2D eigenvalue weighted by molar-refractivity contribution is 7.86. The molecular weight excluding hydrogens is 630 g/mol. The van der Waals surface area contributed by atoms with Gasteiger partial charge in [0.1, 0.15) is 17.2 Å². The van der Waals surface area contributed by atoms with Gasteiger partial charge in [0.05, 0.1) is 54.0 Å². The van der Waals surface area contributed by atoms with Crippen LogP contribution in [0.15, 0.2) is 48.5 Å². The summed E-state index contributed by atoms with van der Waals surface area (Å²) in [5, 5.41) is 0.703. The number of carbonyl (C=O) groups is 2. The van der Waals surface area contributed by atoms with Crippen molar-refractivity contribution in [3.63, 3.8) is 0 Å². The normalized spacial score (nSPS) is 11.8. The number of rotatable bonds is 13. The van der Waals surface area contributed by atoms with E-state index < -0.39 is 43.7 Å². The summed E-state index contributed by atoms with van der Waals surface area (Å²) < 4.78 is 84.2. The van der Waals surface area contributed by atoms with Crippen LogP contribution in [0.25, 0.3) is 21.8 Å². The first-order valence-electron chi connectivity index (χ1n) is 13.6. The summed E-state index contributed by atoms with van der Waals surface area (Å²) in [5.41, 5.74) is 2.28. The standard InChI is InChI=1S/C30H31NO12S2/c1-18-14-20(29(32)40-3)15-19(2)28(18)43-30(33)27-23-16-21(41-10-4-12-44(34,35)36)6-8-25(23)31-26-9-7-22(17-24(26)27)42-11-5-13-45(37,38)39/h6-9,14-17H,4-5,10-13H2,1-3H3,(H,34,35,36)(H,37,38,39). The summed E-state index contributed by atoms with van der Waals surface area (Å²) in [6.07, 6.45) is 0.0558. The molecule has 45 heavy (non-hydrogen) atoms. The van der Waals surface area contributed by atoms with Crippen LogP contribution in [0.3, 0.4) is 0 Å². The van der Waals surface area contributed by atoms with E-state index in [4.69, 9.17) is 28.1 Å². The van der Waals surface area contributed by atoms with E-state index in [1.807, 2.05) is 0 Å². The molecule has 0 saturated carbocycles. The van der Waals surface area contributed by atoms with E-state index in [0.717, 1.165) is 0 Å². The van der Waals surface area contributed by atoms with Gasteiger partial charge in [0.2, 0.25) is 0 Å². The van der Waals surface area contributed by atoms with Crippen molar-refractivity contribution in [3.05, 3.63) is 70.8 Å². The molecule has 0 aliphatic heterocycles. The first-order valence-corrected chi connectivity index (χ1v) is 16.8. The number of esters is 2. The number of hydrogen-bond acceptors (Lipinski definition) is 11. The quantitative estimate of drug-likeness (QED) is 0.0677. The maximum atomic E-state index is 14.0. The Hall–Kier alpha value is -4.31. The number of ether oxygens (including phenoxy) is 4. The molecule has 0 atom stereocenters.